The molecule has 24 heavy (non-hydrogen) atoms. The van der Waals surface area contributed by atoms with E-state index in [-0.39, 0.29) is 0 Å². The summed E-state index contributed by atoms with van der Waals surface area (Å²) in [4.78, 5) is 8.94. The van der Waals surface area contributed by atoms with Crippen LogP contribution in [0.3, 0.4) is 0 Å². The van der Waals surface area contributed by atoms with Gasteiger partial charge in [-0.3, -0.25) is 5.10 Å². The van der Waals surface area contributed by atoms with Crippen molar-refractivity contribution in [2.24, 2.45) is 0 Å². The molecule has 1 fully saturated rings. The van der Waals surface area contributed by atoms with E-state index in [1.807, 2.05) is 6.07 Å². The standard InChI is InChI=1S/C17H20N6O/c1-12-3-5-13(6-4-12)14-11-15(20-19-14)16-18-17(21-24-16)23-9-7-22(2)8-10-23/h3-6,11H,7-10H2,1-2H3,(H,19,20). The number of benzene rings is 1. The molecule has 1 aromatic carbocycles. The highest BCUT2D eigenvalue weighted by molar-refractivity contribution is 5.64. The molecule has 1 saturated heterocycles. The molecule has 0 amide bonds. The fourth-order valence-corrected chi connectivity index (χ4v) is 2.76. The number of H-pyrrole nitrogens is 1. The maximum atomic E-state index is 5.41. The van der Waals surface area contributed by atoms with Crippen LogP contribution in [0.25, 0.3) is 22.8 Å². The maximum Gasteiger partial charge on any atom is 0.277 e. The van der Waals surface area contributed by atoms with Crippen LogP contribution in [-0.4, -0.2) is 58.5 Å². The lowest BCUT2D eigenvalue weighted by Gasteiger charge is -2.31. The minimum Gasteiger partial charge on any atom is -0.336 e. The smallest absolute Gasteiger partial charge is 0.277 e. The third-order valence-corrected chi connectivity index (χ3v) is 4.36. The summed E-state index contributed by atoms with van der Waals surface area (Å²) < 4.78 is 5.41. The minimum absolute atomic E-state index is 0.467. The first-order valence-corrected chi connectivity index (χ1v) is 8.09. The summed E-state index contributed by atoms with van der Waals surface area (Å²) in [6.45, 7) is 5.90. The highest BCUT2D eigenvalue weighted by Crippen LogP contribution is 2.24. The molecule has 0 radical (unpaired) electrons. The van der Waals surface area contributed by atoms with Gasteiger partial charge in [0.25, 0.3) is 11.8 Å². The first-order chi connectivity index (χ1) is 11.7. The van der Waals surface area contributed by atoms with Crippen molar-refractivity contribution >= 4 is 5.95 Å². The number of aromatic nitrogens is 4. The minimum atomic E-state index is 0.467. The number of hydrogen-bond donors (Lipinski definition) is 1. The normalized spacial score (nSPS) is 15.8. The molecule has 1 N–H and O–H groups in total. The van der Waals surface area contributed by atoms with E-state index in [1.165, 1.54) is 5.56 Å². The fourth-order valence-electron chi connectivity index (χ4n) is 2.76. The number of nitrogens with zero attached hydrogens (tertiary/aromatic N) is 5. The van der Waals surface area contributed by atoms with Gasteiger partial charge < -0.3 is 14.3 Å². The molecule has 4 rings (SSSR count). The van der Waals surface area contributed by atoms with Gasteiger partial charge in [-0.25, -0.2) is 0 Å². The third kappa shape index (κ3) is 2.90. The zero-order valence-corrected chi connectivity index (χ0v) is 13.9. The maximum absolute atomic E-state index is 5.41. The molecule has 7 heteroatoms. The van der Waals surface area contributed by atoms with Crippen LogP contribution < -0.4 is 4.90 Å². The van der Waals surface area contributed by atoms with Crippen molar-refractivity contribution in [2.75, 3.05) is 38.1 Å². The van der Waals surface area contributed by atoms with Crippen molar-refractivity contribution in [3.8, 4) is 22.8 Å². The van der Waals surface area contributed by atoms with Gasteiger partial charge in [0.15, 0.2) is 0 Å². The van der Waals surface area contributed by atoms with Crippen molar-refractivity contribution in [1.82, 2.24) is 25.2 Å². The second-order valence-electron chi connectivity index (χ2n) is 6.22. The number of rotatable bonds is 3. The van der Waals surface area contributed by atoms with Crippen LogP contribution >= 0.6 is 0 Å². The molecule has 0 bridgehead atoms. The molecule has 0 aliphatic carbocycles. The second kappa shape index (κ2) is 6.09. The lowest BCUT2D eigenvalue weighted by Crippen LogP contribution is -2.44. The van der Waals surface area contributed by atoms with E-state index in [0.717, 1.165) is 43.1 Å². The van der Waals surface area contributed by atoms with Gasteiger partial charge in [-0.2, -0.15) is 10.1 Å². The third-order valence-electron chi connectivity index (χ3n) is 4.36. The average molecular weight is 324 g/mol. The molecule has 1 aliphatic heterocycles. The van der Waals surface area contributed by atoms with Crippen LogP contribution in [0, 0.1) is 6.92 Å². The molecule has 7 nitrogen and oxygen atoms in total. The lowest BCUT2D eigenvalue weighted by molar-refractivity contribution is 0.309. The highest BCUT2D eigenvalue weighted by atomic mass is 16.5. The van der Waals surface area contributed by atoms with Crippen molar-refractivity contribution in [1.29, 1.82) is 0 Å². The first kappa shape index (κ1) is 14.9. The van der Waals surface area contributed by atoms with Gasteiger partial charge in [0.2, 0.25) is 0 Å². The Morgan fingerprint density at radius 2 is 1.83 bits per heavy atom. The van der Waals surface area contributed by atoms with Gasteiger partial charge in [0.1, 0.15) is 5.69 Å². The number of aromatic amines is 1. The highest BCUT2D eigenvalue weighted by Gasteiger charge is 2.20. The zero-order chi connectivity index (χ0) is 16.5. The Hall–Kier alpha value is -2.67. The number of likely N-dealkylation sites (N-methyl/N-ethyl adjacent to an activating group) is 1. The summed E-state index contributed by atoms with van der Waals surface area (Å²) in [6, 6.07) is 10.2. The molecule has 3 heterocycles. The van der Waals surface area contributed by atoms with Crippen molar-refractivity contribution in [2.45, 2.75) is 6.92 Å². The molecule has 3 aromatic rings. The predicted octanol–water partition coefficient (Wildman–Crippen LogP) is 2.19. The Morgan fingerprint density at radius 3 is 2.58 bits per heavy atom. The molecule has 2 aromatic heterocycles. The summed E-state index contributed by atoms with van der Waals surface area (Å²) >= 11 is 0. The fraction of sp³-hybridized carbons (Fsp3) is 0.353. The van der Waals surface area contributed by atoms with E-state index in [2.05, 4.69) is 68.4 Å². The van der Waals surface area contributed by atoms with Crippen LogP contribution in [-0.2, 0) is 0 Å². The zero-order valence-electron chi connectivity index (χ0n) is 13.9. The van der Waals surface area contributed by atoms with Gasteiger partial charge in [0.05, 0.1) is 5.69 Å². The Bertz CT molecular complexity index is 814. The number of hydrogen-bond acceptors (Lipinski definition) is 6. The molecule has 1 aliphatic rings. The van der Waals surface area contributed by atoms with Crippen molar-refractivity contribution in [3.63, 3.8) is 0 Å². The van der Waals surface area contributed by atoms with Gasteiger partial charge in [-0.15, -0.1) is 0 Å². The molecule has 124 valence electrons. The summed E-state index contributed by atoms with van der Waals surface area (Å²) in [5.41, 5.74) is 3.88. The molecule has 0 unspecified atom stereocenters. The predicted molar refractivity (Wildman–Crippen MR) is 91.8 cm³/mol. The Balaban J connectivity index is 1.54. The van der Waals surface area contributed by atoms with Gasteiger partial charge in [-0.05, 0) is 25.2 Å². The van der Waals surface area contributed by atoms with E-state index in [0.29, 0.717) is 11.8 Å². The van der Waals surface area contributed by atoms with E-state index in [9.17, 15) is 0 Å². The molecule has 0 spiro atoms. The lowest BCUT2D eigenvalue weighted by atomic mass is 10.1. The number of piperazine rings is 1. The van der Waals surface area contributed by atoms with Crippen LogP contribution in [0.4, 0.5) is 5.95 Å². The summed E-state index contributed by atoms with van der Waals surface area (Å²) in [6.07, 6.45) is 0. The SMILES string of the molecule is Cc1ccc(-c2cc(-c3nc(N4CCN(C)CC4)no3)[nH]n2)cc1. The monoisotopic (exact) mass is 324 g/mol. The summed E-state index contributed by atoms with van der Waals surface area (Å²) in [5.74, 6) is 1.11. The van der Waals surface area contributed by atoms with Crippen molar-refractivity contribution < 1.29 is 4.52 Å². The van der Waals surface area contributed by atoms with E-state index < -0.39 is 0 Å². The molecular weight excluding hydrogens is 304 g/mol. The van der Waals surface area contributed by atoms with E-state index in [1.54, 1.807) is 0 Å². The number of anilines is 1. The largest absolute Gasteiger partial charge is 0.336 e. The summed E-state index contributed by atoms with van der Waals surface area (Å²) in [5, 5.41) is 11.4. The van der Waals surface area contributed by atoms with E-state index in [4.69, 9.17) is 4.52 Å². The van der Waals surface area contributed by atoms with Gasteiger partial charge >= 0.3 is 0 Å². The van der Waals surface area contributed by atoms with Gasteiger partial charge in [0, 0.05) is 31.7 Å². The van der Waals surface area contributed by atoms with Crippen LogP contribution in [0.2, 0.25) is 0 Å². The van der Waals surface area contributed by atoms with Crippen LogP contribution in [0.15, 0.2) is 34.9 Å². The Morgan fingerprint density at radius 1 is 1.08 bits per heavy atom. The molecule has 0 saturated carbocycles. The number of aryl methyl sites for hydroxylation is 1. The Kier molecular flexibility index (Phi) is 3.78. The summed E-state index contributed by atoms with van der Waals surface area (Å²) in [7, 11) is 2.12. The second-order valence-corrected chi connectivity index (χ2v) is 6.22. The topological polar surface area (TPSA) is 74.1 Å². The molecule has 0 atom stereocenters. The van der Waals surface area contributed by atoms with E-state index >= 15 is 0 Å². The first-order valence-electron chi connectivity index (χ1n) is 8.09. The number of nitrogens with one attached hydrogen (secondary N) is 1. The molecular formula is C17H20N6O. The van der Waals surface area contributed by atoms with Crippen molar-refractivity contribution in [3.05, 3.63) is 35.9 Å². The van der Waals surface area contributed by atoms with Crippen LogP contribution in [0.5, 0.6) is 0 Å². The van der Waals surface area contributed by atoms with Crippen LogP contribution in [0.1, 0.15) is 5.56 Å². The average Bonchev–Trinajstić information content (AvgIpc) is 3.25. The van der Waals surface area contributed by atoms with Gasteiger partial charge in [-0.1, -0.05) is 29.8 Å². The Labute approximate surface area is 140 Å². The quantitative estimate of drug-likeness (QED) is 0.796.